The summed E-state index contributed by atoms with van der Waals surface area (Å²) in [6.45, 7) is 7.36. The van der Waals surface area contributed by atoms with E-state index in [9.17, 15) is 13.6 Å². The monoisotopic (exact) mass is 317 g/mol. The molecule has 0 spiro atoms. The fraction of sp³-hybridized carbons (Fsp3) is 0.357. The van der Waals surface area contributed by atoms with Gasteiger partial charge in [0.2, 0.25) is 5.91 Å². The molecule has 20 heavy (non-hydrogen) atoms. The first-order valence-electron chi connectivity index (χ1n) is 5.82. The molecule has 0 bridgehead atoms. The van der Waals surface area contributed by atoms with Gasteiger partial charge in [0.25, 0.3) is 0 Å². The molecule has 0 saturated carbocycles. The van der Waals surface area contributed by atoms with Gasteiger partial charge in [0.1, 0.15) is 11.6 Å². The Bertz CT molecular complexity index is 478. The Balaban J connectivity index is 0.00000361. The van der Waals surface area contributed by atoms with Gasteiger partial charge in [0, 0.05) is 27.8 Å². The molecule has 1 N–H and O–H groups in total. The molecule has 6 heteroatoms. The van der Waals surface area contributed by atoms with Gasteiger partial charge in [-0.25, -0.2) is 8.78 Å². The molecule has 0 atom stereocenters. The van der Waals surface area contributed by atoms with Gasteiger partial charge in [-0.2, -0.15) is 0 Å². The fourth-order valence-corrected chi connectivity index (χ4v) is 1.35. The van der Waals surface area contributed by atoms with Crippen LogP contribution in [0.3, 0.4) is 0 Å². The molecule has 3 nitrogen and oxygen atoms in total. The van der Waals surface area contributed by atoms with Crippen molar-refractivity contribution in [2.45, 2.75) is 13.8 Å². The summed E-state index contributed by atoms with van der Waals surface area (Å²) < 4.78 is 31.4. The van der Waals surface area contributed by atoms with Crippen molar-refractivity contribution in [1.29, 1.82) is 0 Å². The van der Waals surface area contributed by atoms with E-state index in [-0.39, 0.29) is 34.0 Å². The zero-order chi connectivity index (χ0) is 14.5. The molecule has 0 fully saturated rings. The predicted molar refractivity (Wildman–Crippen MR) is 69.8 cm³/mol. The van der Waals surface area contributed by atoms with E-state index in [0.29, 0.717) is 6.61 Å². The van der Waals surface area contributed by atoms with Gasteiger partial charge < -0.3 is 10.1 Å². The summed E-state index contributed by atoms with van der Waals surface area (Å²) >= 11 is 0. The first-order valence-corrected chi connectivity index (χ1v) is 5.82. The van der Waals surface area contributed by atoms with Crippen molar-refractivity contribution in [2.75, 3.05) is 18.5 Å². The number of ether oxygens (including phenoxy) is 1. The number of amides is 1. The Morgan fingerprint density at radius 2 is 2.10 bits per heavy atom. The summed E-state index contributed by atoms with van der Waals surface area (Å²) in [7, 11) is 0. The average molecular weight is 317 g/mol. The quantitative estimate of drug-likeness (QED) is 0.497. The van der Waals surface area contributed by atoms with Crippen molar-refractivity contribution >= 4 is 11.6 Å². The minimum Gasteiger partial charge on any atom is -0.376 e. The van der Waals surface area contributed by atoms with Crippen molar-refractivity contribution in [1.82, 2.24) is 0 Å². The molecule has 0 unspecified atom stereocenters. The minimum atomic E-state index is -0.830. The molecule has 0 aliphatic heterocycles. The number of rotatable bonds is 6. The normalized spacial score (nSPS) is 10.6. The largest absolute Gasteiger partial charge is 0.376 e. The first-order chi connectivity index (χ1) is 8.86. The Hall–Kier alpha value is -1.04. The van der Waals surface area contributed by atoms with Crippen molar-refractivity contribution in [3.05, 3.63) is 42.5 Å². The van der Waals surface area contributed by atoms with Crippen LogP contribution in [0.4, 0.5) is 14.5 Å². The van der Waals surface area contributed by atoms with E-state index in [1.165, 1.54) is 6.07 Å². The molecule has 0 aromatic heterocycles. The molecule has 0 heterocycles. The third-order valence-corrected chi connectivity index (χ3v) is 2.49. The summed E-state index contributed by atoms with van der Waals surface area (Å²) in [5, 5.41) is 2.42. The van der Waals surface area contributed by atoms with E-state index in [2.05, 4.69) is 11.9 Å². The van der Waals surface area contributed by atoms with Crippen LogP contribution in [0.2, 0.25) is 0 Å². The zero-order valence-electron chi connectivity index (χ0n) is 11.5. The molecule has 0 saturated heterocycles. The summed E-state index contributed by atoms with van der Waals surface area (Å²) in [5.41, 5.74) is -0.882. The van der Waals surface area contributed by atoms with Gasteiger partial charge in [0.15, 0.2) is 0 Å². The number of nitrogens with one attached hydrogen (secondary N) is 1. The smallest absolute Gasteiger partial charge is 0.232 e. The Morgan fingerprint density at radius 3 is 2.65 bits per heavy atom. The third-order valence-electron chi connectivity index (χ3n) is 2.49. The number of carbonyl (C=O) groups is 1. The summed E-state index contributed by atoms with van der Waals surface area (Å²) in [5.74, 6) is -1.90. The van der Waals surface area contributed by atoms with Gasteiger partial charge in [-0.1, -0.05) is 6.08 Å². The maximum atomic E-state index is 13.4. The number of hydrogen-bond acceptors (Lipinski definition) is 2. The van der Waals surface area contributed by atoms with Crippen LogP contribution in [0, 0.1) is 17.0 Å². The van der Waals surface area contributed by atoms with Crippen LogP contribution >= 0.6 is 0 Å². The standard InChI is InChI=1S/C14H17F2NO2.Ti/c1-4-7-19-9-14(2,3)13(18)17-12-6-5-10(15)8-11(12)16;/h4-6,8H,1,7,9H2,2-3H3,(H,17,18);. The molecular weight excluding hydrogens is 300 g/mol. The van der Waals surface area contributed by atoms with Crippen molar-refractivity contribution < 1.29 is 40.0 Å². The fourth-order valence-electron chi connectivity index (χ4n) is 1.35. The van der Waals surface area contributed by atoms with Crippen LogP contribution < -0.4 is 5.32 Å². The van der Waals surface area contributed by atoms with Crippen LogP contribution in [0.1, 0.15) is 13.8 Å². The summed E-state index contributed by atoms with van der Waals surface area (Å²) in [6, 6.07) is 2.99. The van der Waals surface area contributed by atoms with Crippen LogP contribution in [0.25, 0.3) is 0 Å². The van der Waals surface area contributed by atoms with E-state index in [4.69, 9.17) is 4.74 Å². The number of benzene rings is 1. The van der Waals surface area contributed by atoms with Crippen LogP contribution in [0.5, 0.6) is 0 Å². The number of hydrogen-bond donors (Lipinski definition) is 1. The number of carbonyl (C=O) groups excluding carboxylic acids is 1. The van der Waals surface area contributed by atoms with Crippen LogP contribution in [0.15, 0.2) is 30.9 Å². The van der Waals surface area contributed by atoms with Gasteiger partial charge >= 0.3 is 0 Å². The van der Waals surface area contributed by atoms with Crippen LogP contribution in [-0.4, -0.2) is 19.1 Å². The average Bonchev–Trinajstić information content (AvgIpc) is 2.32. The SMILES string of the molecule is C=CCOCC(C)(C)C(=O)Nc1ccc(F)cc1F.[Ti]. The van der Waals surface area contributed by atoms with Gasteiger partial charge in [-0.15, -0.1) is 6.58 Å². The minimum absolute atomic E-state index is 0. The maximum Gasteiger partial charge on any atom is 0.232 e. The Labute approximate surface area is 132 Å². The van der Waals surface area contributed by atoms with E-state index in [1.807, 2.05) is 0 Å². The number of halogens is 2. The van der Waals surface area contributed by atoms with Gasteiger partial charge in [-0.05, 0) is 26.0 Å². The first kappa shape index (κ1) is 19.0. The molecule has 1 amide bonds. The summed E-state index contributed by atoms with van der Waals surface area (Å²) in [4.78, 5) is 12.0. The van der Waals surface area contributed by atoms with Crippen molar-refractivity contribution in [3.63, 3.8) is 0 Å². The Morgan fingerprint density at radius 1 is 1.45 bits per heavy atom. The second-order valence-corrected chi connectivity index (χ2v) is 4.77. The maximum absolute atomic E-state index is 13.4. The molecule has 0 aliphatic rings. The molecule has 1 aromatic carbocycles. The van der Waals surface area contributed by atoms with E-state index < -0.39 is 23.0 Å². The topological polar surface area (TPSA) is 38.3 Å². The van der Waals surface area contributed by atoms with Gasteiger partial charge in [-0.3, -0.25) is 4.79 Å². The van der Waals surface area contributed by atoms with Crippen molar-refractivity contribution in [2.24, 2.45) is 5.41 Å². The second kappa shape index (κ2) is 8.30. The molecule has 108 valence electrons. The van der Waals surface area contributed by atoms with E-state index in [1.54, 1.807) is 19.9 Å². The van der Waals surface area contributed by atoms with E-state index >= 15 is 0 Å². The molecular formula is C14H17F2NO2Ti. The molecule has 0 aliphatic carbocycles. The summed E-state index contributed by atoms with van der Waals surface area (Å²) in [6.07, 6.45) is 1.58. The molecule has 1 rings (SSSR count). The van der Waals surface area contributed by atoms with Gasteiger partial charge in [0.05, 0.1) is 24.3 Å². The predicted octanol–water partition coefficient (Wildman–Crippen LogP) is 3.13. The second-order valence-electron chi connectivity index (χ2n) is 4.77. The number of anilines is 1. The zero-order valence-corrected chi connectivity index (χ0v) is 13.1. The van der Waals surface area contributed by atoms with Crippen molar-refractivity contribution in [3.8, 4) is 0 Å². The third kappa shape index (κ3) is 5.53. The van der Waals surface area contributed by atoms with E-state index in [0.717, 1.165) is 12.1 Å². The Kier molecular flexibility index (Phi) is 7.87. The molecule has 1 aromatic rings. The van der Waals surface area contributed by atoms with Crippen LogP contribution in [-0.2, 0) is 31.2 Å². The molecule has 0 radical (unpaired) electrons.